The van der Waals surface area contributed by atoms with E-state index in [4.69, 9.17) is 28.4 Å². The van der Waals surface area contributed by atoms with Gasteiger partial charge in [0.25, 0.3) is 5.91 Å². The molecule has 1 heterocycles. The van der Waals surface area contributed by atoms with Gasteiger partial charge in [0.2, 0.25) is 0 Å². The lowest BCUT2D eigenvalue weighted by molar-refractivity contribution is -0.340. The van der Waals surface area contributed by atoms with Crippen molar-refractivity contribution in [1.82, 2.24) is 4.90 Å². The van der Waals surface area contributed by atoms with Crippen LogP contribution in [0.3, 0.4) is 0 Å². The zero-order chi connectivity index (χ0) is 31.1. The molecule has 8 nitrogen and oxygen atoms in total. The lowest BCUT2D eigenvalue weighted by atomic mass is 9.99. The number of allylic oxidation sites excluding steroid dienone is 1. The highest BCUT2D eigenvalue weighted by Gasteiger charge is 2.47. The molecule has 2 rings (SSSR count). The molecule has 3 unspecified atom stereocenters. The summed E-state index contributed by atoms with van der Waals surface area (Å²) >= 11 is 0. The highest BCUT2D eigenvalue weighted by molar-refractivity contribution is 6.17. The minimum absolute atomic E-state index is 0.0493. The molecule has 0 bridgehead atoms. The van der Waals surface area contributed by atoms with Crippen LogP contribution in [0.15, 0.2) is 29.2 Å². The lowest BCUT2D eigenvalue weighted by Crippen LogP contribution is -2.60. The van der Waals surface area contributed by atoms with Crippen LogP contribution in [-0.4, -0.2) is 102 Å². The van der Waals surface area contributed by atoms with Crippen LogP contribution in [0.5, 0.6) is 0 Å². The van der Waals surface area contributed by atoms with Gasteiger partial charge in [0, 0.05) is 35.9 Å². The van der Waals surface area contributed by atoms with Crippen molar-refractivity contribution < 1.29 is 28.4 Å². The maximum absolute atomic E-state index is 6.29. The second kappa shape index (κ2) is 23.2. The largest absolute Gasteiger partial charge is 0.498 e. The van der Waals surface area contributed by atoms with Gasteiger partial charge in [-0.3, -0.25) is 4.99 Å². The van der Waals surface area contributed by atoms with Crippen molar-refractivity contribution in [2.75, 3.05) is 52.7 Å². The van der Waals surface area contributed by atoms with Crippen LogP contribution < -0.4 is 0 Å². The molecule has 0 saturated carbocycles. The summed E-state index contributed by atoms with van der Waals surface area (Å²) in [6.07, 6.45) is 16.4. The zero-order valence-electron chi connectivity index (χ0n) is 28.3. The van der Waals surface area contributed by atoms with Crippen LogP contribution in [0.2, 0.25) is 6.04 Å². The van der Waals surface area contributed by atoms with Crippen LogP contribution in [0.4, 0.5) is 0 Å². The van der Waals surface area contributed by atoms with E-state index in [9.17, 15) is 0 Å². The van der Waals surface area contributed by atoms with E-state index in [0.29, 0.717) is 19.1 Å². The van der Waals surface area contributed by atoms with E-state index in [1.165, 1.54) is 0 Å². The van der Waals surface area contributed by atoms with Gasteiger partial charge in [-0.05, 0) is 57.4 Å². The van der Waals surface area contributed by atoms with E-state index < -0.39 is 5.91 Å². The van der Waals surface area contributed by atoms with E-state index in [2.05, 4.69) is 63.6 Å². The molecule has 10 heteroatoms. The topological polar surface area (TPSA) is 71.0 Å². The van der Waals surface area contributed by atoms with E-state index in [1.807, 2.05) is 12.6 Å². The first kappa shape index (κ1) is 38.8. The standard InChI is InChI=1S/C17H32O3Si.C15H32N2O3Si/c1-4-11-18-14-16(19-12-5-2)17(21,20-13-6-3)15-9-7-8-10-15;1-4-9-18-14(12-21)15(19-10-5-2,20-11-6-3)17-8-7-16-13-17/h7,9,14-15H,4-6,8,10-13H2,1-3,21H3;13-14H,4-12H2,1-3,21H3. The number of aliphatic imine (C=N–C) groups is 1. The summed E-state index contributed by atoms with van der Waals surface area (Å²) in [6.45, 7) is 18.7. The van der Waals surface area contributed by atoms with Gasteiger partial charge in [-0.25, -0.2) is 0 Å². The summed E-state index contributed by atoms with van der Waals surface area (Å²) in [5.74, 6) is 0.515. The summed E-state index contributed by atoms with van der Waals surface area (Å²) in [6, 6.07) is 0.984. The summed E-state index contributed by atoms with van der Waals surface area (Å²) in [7, 11) is 1.95. The number of hydrogen-bond donors (Lipinski definition) is 0. The molecule has 0 aromatic rings. The Morgan fingerprint density at radius 1 is 0.905 bits per heavy atom. The Kier molecular flexibility index (Phi) is 21.5. The molecule has 0 saturated heterocycles. The molecule has 0 amide bonds. The van der Waals surface area contributed by atoms with E-state index in [0.717, 1.165) is 123 Å². The maximum Gasteiger partial charge on any atom is 0.279 e. The molecule has 2 aliphatic rings. The van der Waals surface area contributed by atoms with Crippen molar-refractivity contribution in [3.05, 3.63) is 24.2 Å². The van der Waals surface area contributed by atoms with Crippen LogP contribution >= 0.6 is 0 Å². The van der Waals surface area contributed by atoms with Crippen molar-refractivity contribution in [1.29, 1.82) is 0 Å². The third kappa shape index (κ3) is 12.4. The van der Waals surface area contributed by atoms with Gasteiger partial charge < -0.3 is 33.3 Å². The number of ether oxygens (including phenoxy) is 6. The van der Waals surface area contributed by atoms with Crippen LogP contribution in [0, 0.1) is 5.92 Å². The number of nitrogens with zero attached hydrogens (tertiary/aromatic N) is 2. The average Bonchev–Trinajstić information content (AvgIpc) is 3.75. The molecule has 0 spiro atoms. The van der Waals surface area contributed by atoms with Crippen LogP contribution in [0.25, 0.3) is 0 Å². The fraction of sp³-hybridized carbons (Fsp3) is 0.844. The predicted molar refractivity (Wildman–Crippen MR) is 181 cm³/mol. The third-order valence-corrected chi connectivity index (χ3v) is 9.47. The Hall–Kier alpha value is -1.18. The van der Waals surface area contributed by atoms with E-state index in [-0.39, 0.29) is 11.3 Å². The van der Waals surface area contributed by atoms with Gasteiger partial charge >= 0.3 is 0 Å². The Labute approximate surface area is 263 Å². The van der Waals surface area contributed by atoms with Crippen molar-refractivity contribution in [3.63, 3.8) is 0 Å². The lowest BCUT2D eigenvalue weighted by Gasteiger charge is -2.44. The molecule has 246 valence electrons. The molecule has 3 atom stereocenters. The Balaban J connectivity index is 0.000000420. The first-order chi connectivity index (χ1) is 20.4. The SMILES string of the molecule is CCCOC(C[SiH3])C(OCCC)(OCCC)N1C=NCC1.CCCOC=C(OCCC)C([SiH3])(OCCC)C1C=CCC1. The molecule has 0 N–H and O–H groups in total. The highest BCUT2D eigenvalue weighted by Crippen LogP contribution is 2.36. The molecular weight excluding hydrogens is 565 g/mol. The molecule has 0 aromatic heterocycles. The fourth-order valence-electron chi connectivity index (χ4n) is 4.96. The van der Waals surface area contributed by atoms with Crippen molar-refractivity contribution in [2.24, 2.45) is 10.9 Å². The second-order valence-electron chi connectivity index (χ2n) is 11.1. The summed E-state index contributed by atoms with van der Waals surface area (Å²) in [5.41, 5.74) is 0. The monoisotopic (exact) mass is 628 g/mol. The smallest absolute Gasteiger partial charge is 0.279 e. The first-order valence-corrected chi connectivity index (χ1v) is 19.3. The summed E-state index contributed by atoms with van der Waals surface area (Å²) in [5, 5.41) is -0.286. The Bertz CT molecular complexity index is 761. The van der Waals surface area contributed by atoms with Gasteiger partial charge in [-0.15, -0.1) is 0 Å². The molecule has 0 aromatic carbocycles. The van der Waals surface area contributed by atoms with Crippen LogP contribution in [0.1, 0.15) is 92.9 Å². The minimum atomic E-state index is -0.803. The Morgan fingerprint density at radius 3 is 2.02 bits per heavy atom. The Morgan fingerprint density at radius 2 is 1.52 bits per heavy atom. The molecular formula is C32H64N2O6Si2. The van der Waals surface area contributed by atoms with Crippen molar-refractivity contribution >= 4 is 26.8 Å². The normalized spacial score (nSPS) is 19.1. The molecule has 42 heavy (non-hydrogen) atoms. The third-order valence-electron chi connectivity index (χ3n) is 7.21. The van der Waals surface area contributed by atoms with Crippen molar-refractivity contribution in [2.45, 2.75) is 116 Å². The van der Waals surface area contributed by atoms with Crippen LogP contribution in [-0.2, 0) is 28.4 Å². The fourth-order valence-corrected chi connectivity index (χ4v) is 6.66. The first-order valence-electron chi connectivity index (χ1n) is 16.8. The average molecular weight is 629 g/mol. The minimum Gasteiger partial charge on any atom is -0.498 e. The van der Waals surface area contributed by atoms with Crippen molar-refractivity contribution in [3.8, 4) is 0 Å². The maximum atomic E-state index is 6.29. The van der Waals surface area contributed by atoms with E-state index in [1.54, 1.807) is 0 Å². The molecule has 0 radical (unpaired) electrons. The van der Waals surface area contributed by atoms with Gasteiger partial charge in [0.1, 0.15) is 17.6 Å². The number of rotatable bonds is 23. The molecule has 1 aliphatic heterocycles. The van der Waals surface area contributed by atoms with Gasteiger partial charge in [0.15, 0.2) is 5.76 Å². The molecule has 0 fully saturated rings. The van der Waals surface area contributed by atoms with Gasteiger partial charge in [0.05, 0.1) is 49.6 Å². The molecule has 1 aliphatic carbocycles. The highest BCUT2D eigenvalue weighted by atomic mass is 28.1. The predicted octanol–water partition coefficient (Wildman–Crippen LogP) is 4.55. The van der Waals surface area contributed by atoms with E-state index >= 15 is 0 Å². The summed E-state index contributed by atoms with van der Waals surface area (Å²) in [4.78, 5) is 6.43. The van der Waals surface area contributed by atoms with Gasteiger partial charge in [-0.2, -0.15) is 0 Å². The summed E-state index contributed by atoms with van der Waals surface area (Å²) < 4.78 is 36.5. The zero-order valence-corrected chi connectivity index (χ0v) is 32.3. The quantitative estimate of drug-likeness (QED) is 0.0541. The number of hydrogen-bond acceptors (Lipinski definition) is 8. The second-order valence-corrected chi connectivity index (χ2v) is 13.4. The van der Waals surface area contributed by atoms with Gasteiger partial charge in [-0.1, -0.05) is 53.7 Å².